The summed E-state index contributed by atoms with van der Waals surface area (Å²) in [7, 11) is 0. The molecule has 0 aliphatic rings. The van der Waals surface area contributed by atoms with Crippen molar-refractivity contribution in [1.29, 1.82) is 5.26 Å². The lowest BCUT2D eigenvalue weighted by Crippen LogP contribution is -2.05. The number of fused-ring (bicyclic) bond motifs is 5. The topological polar surface area (TPSA) is 88.5 Å². The van der Waals surface area contributed by atoms with Crippen molar-refractivity contribution in [3.05, 3.63) is 108 Å². The number of aromatic nitrogens is 3. The van der Waals surface area contributed by atoms with Crippen molar-refractivity contribution in [2.75, 3.05) is 5.73 Å². The highest BCUT2D eigenvalue weighted by Gasteiger charge is 2.25. The van der Waals surface area contributed by atoms with Crippen LogP contribution in [0.3, 0.4) is 0 Å². The first-order valence-electron chi connectivity index (χ1n) is 12.5. The van der Waals surface area contributed by atoms with Gasteiger partial charge < -0.3 is 5.73 Å². The number of para-hydroxylation sites is 1. The van der Waals surface area contributed by atoms with Crippen molar-refractivity contribution in [2.24, 2.45) is 0 Å². The third kappa shape index (κ3) is 3.72. The van der Waals surface area contributed by atoms with Crippen LogP contribution in [0.4, 0.5) is 18.9 Å². The number of benzene rings is 5. The molecule has 0 atom stereocenters. The first-order chi connectivity index (χ1) is 20.0. The zero-order valence-corrected chi connectivity index (χ0v) is 21.8. The summed E-state index contributed by atoms with van der Waals surface area (Å²) in [5, 5.41) is 12.0. The van der Waals surface area contributed by atoms with Gasteiger partial charge in [-0.2, -0.15) is 14.0 Å². The summed E-state index contributed by atoms with van der Waals surface area (Å²) in [6.45, 7) is 0. The number of hydrogen-bond acceptors (Lipinski definition) is 6. The third-order valence-corrected chi connectivity index (χ3v) is 7.72. The zero-order valence-electron chi connectivity index (χ0n) is 21.0. The first kappa shape index (κ1) is 24.7. The van der Waals surface area contributed by atoms with E-state index in [4.69, 9.17) is 10.7 Å². The average Bonchev–Trinajstić information content (AvgIpc) is 3.50. The highest BCUT2D eigenvalue weighted by molar-refractivity contribution is 7.00. The van der Waals surface area contributed by atoms with E-state index in [0.29, 0.717) is 5.52 Å². The van der Waals surface area contributed by atoms with Crippen molar-refractivity contribution < 1.29 is 13.2 Å². The van der Waals surface area contributed by atoms with E-state index >= 15 is 0 Å². The molecule has 5 aromatic carbocycles. The van der Waals surface area contributed by atoms with Gasteiger partial charge in [0.05, 0.1) is 28.5 Å². The van der Waals surface area contributed by atoms with E-state index in [1.807, 2.05) is 60.7 Å². The van der Waals surface area contributed by atoms with Crippen LogP contribution in [-0.2, 0) is 0 Å². The summed E-state index contributed by atoms with van der Waals surface area (Å²) in [5.74, 6) is -3.96. The maximum Gasteiger partial charge on any atom is 0.169 e. The number of nitrogens with zero attached hydrogens (tertiary/aromatic N) is 4. The fourth-order valence-corrected chi connectivity index (χ4v) is 5.82. The van der Waals surface area contributed by atoms with Crippen molar-refractivity contribution in [3.8, 4) is 39.6 Å². The monoisotopic (exact) mass is 559 g/mol. The van der Waals surface area contributed by atoms with Crippen LogP contribution >= 0.6 is 11.7 Å². The molecule has 0 spiro atoms. The predicted octanol–water partition coefficient (Wildman–Crippen LogP) is 8.26. The molecule has 41 heavy (non-hydrogen) atoms. The predicted molar refractivity (Wildman–Crippen MR) is 156 cm³/mol. The molecule has 0 amide bonds. The smallest absolute Gasteiger partial charge is 0.169 e. The minimum atomic E-state index is -1.41. The number of nitrogen functional groups attached to an aromatic ring is 1. The molecule has 7 aromatic rings. The summed E-state index contributed by atoms with van der Waals surface area (Å²) in [4.78, 5) is 5.01. The lowest BCUT2D eigenvalue weighted by Gasteiger charge is -2.14. The van der Waals surface area contributed by atoms with Crippen molar-refractivity contribution in [2.45, 2.75) is 0 Å². The summed E-state index contributed by atoms with van der Waals surface area (Å²) in [5.41, 5.74) is 8.68. The lowest BCUT2D eigenvalue weighted by molar-refractivity contribution is 0.549. The molecule has 9 heteroatoms. The van der Waals surface area contributed by atoms with Crippen LogP contribution in [-0.4, -0.2) is 13.7 Å². The Bertz CT molecular complexity index is 2200. The van der Waals surface area contributed by atoms with Crippen LogP contribution in [0.15, 0.2) is 84.9 Å². The van der Waals surface area contributed by atoms with E-state index in [0.717, 1.165) is 61.3 Å². The van der Waals surface area contributed by atoms with Crippen LogP contribution in [0.25, 0.3) is 66.2 Å². The average molecular weight is 560 g/mol. The number of nitriles is 1. The van der Waals surface area contributed by atoms with Gasteiger partial charge in [-0.05, 0) is 23.3 Å². The number of hydrogen-bond donors (Lipinski definition) is 1. The van der Waals surface area contributed by atoms with Crippen molar-refractivity contribution in [3.63, 3.8) is 0 Å². The summed E-state index contributed by atoms with van der Waals surface area (Å²) in [6.07, 6.45) is 0. The minimum Gasteiger partial charge on any atom is -0.394 e. The van der Waals surface area contributed by atoms with Crippen LogP contribution in [0.2, 0.25) is 0 Å². The Labute approximate surface area is 235 Å². The molecule has 0 bridgehead atoms. The molecule has 196 valence electrons. The van der Waals surface area contributed by atoms with Crippen molar-refractivity contribution in [1.82, 2.24) is 13.7 Å². The molecule has 0 saturated carbocycles. The van der Waals surface area contributed by atoms with Crippen molar-refractivity contribution >= 4 is 50.1 Å². The number of anilines is 1. The first-order valence-corrected chi connectivity index (χ1v) is 13.2. The molecular weight excluding hydrogens is 543 g/mol. The lowest BCUT2D eigenvalue weighted by atomic mass is 9.93. The Morgan fingerprint density at radius 3 is 2.15 bits per heavy atom. The third-order valence-electron chi connectivity index (χ3n) is 7.19. The van der Waals surface area contributed by atoms with Gasteiger partial charge in [-0.15, -0.1) is 0 Å². The molecule has 0 aliphatic heterocycles. The Morgan fingerprint density at radius 2 is 1.39 bits per heavy atom. The molecule has 0 unspecified atom stereocenters. The van der Waals surface area contributed by atoms with E-state index in [2.05, 4.69) is 8.75 Å². The Kier molecular flexibility index (Phi) is 5.66. The summed E-state index contributed by atoms with van der Waals surface area (Å²) < 4.78 is 53.3. The van der Waals surface area contributed by atoms with Gasteiger partial charge in [0.2, 0.25) is 0 Å². The number of nitrogens with two attached hydrogens (primary N) is 1. The Balaban J connectivity index is 1.48. The zero-order chi connectivity index (χ0) is 28.2. The van der Waals surface area contributed by atoms with Crippen LogP contribution < -0.4 is 5.73 Å². The summed E-state index contributed by atoms with van der Waals surface area (Å²) >= 11 is 1.10. The minimum absolute atomic E-state index is 0.109. The van der Waals surface area contributed by atoms with Gasteiger partial charge in [-0.1, -0.05) is 72.8 Å². The van der Waals surface area contributed by atoms with Gasteiger partial charge in [0.25, 0.3) is 0 Å². The standard InChI is InChI=1S/C32H16F3N5S/c33-26-22(15-36)27(34)29(37)28(35)24(26)17-12-10-16(11-13-17)20-14-21-25(32-31(20)39-41-40-32)19-8-4-5-9-23(19)38-30(21)18-6-2-1-3-7-18/h1-14H,37H2. The second-order valence-electron chi connectivity index (χ2n) is 9.45. The molecular formula is C32H16F3N5S. The van der Waals surface area contributed by atoms with E-state index in [1.54, 1.807) is 12.1 Å². The highest BCUT2D eigenvalue weighted by Crippen LogP contribution is 2.41. The van der Waals surface area contributed by atoms with Crippen LogP contribution in [0.5, 0.6) is 0 Å². The summed E-state index contributed by atoms with van der Waals surface area (Å²) in [6, 6.07) is 27.6. The molecule has 0 radical (unpaired) electrons. The quantitative estimate of drug-likeness (QED) is 0.174. The van der Waals surface area contributed by atoms with Gasteiger partial charge >= 0.3 is 0 Å². The molecule has 2 N–H and O–H groups in total. The maximum absolute atomic E-state index is 15.0. The molecule has 7 rings (SSSR count). The largest absolute Gasteiger partial charge is 0.394 e. The number of pyridine rings is 1. The molecule has 2 aromatic heterocycles. The second-order valence-corrected chi connectivity index (χ2v) is 9.97. The molecule has 0 aliphatic carbocycles. The van der Waals surface area contributed by atoms with Crippen LogP contribution in [0, 0.1) is 28.8 Å². The molecule has 0 saturated heterocycles. The van der Waals surface area contributed by atoms with E-state index in [9.17, 15) is 18.4 Å². The van der Waals surface area contributed by atoms with Gasteiger partial charge in [-0.25, -0.2) is 18.2 Å². The molecule has 0 fully saturated rings. The maximum atomic E-state index is 15.0. The van der Waals surface area contributed by atoms with E-state index < -0.39 is 34.3 Å². The van der Waals surface area contributed by atoms with E-state index in [-0.39, 0.29) is 5.56 Å². The fraction of sp³-hybridized carbons (Fsp3) is 0. The normalized spacial score (nSPS) is 11.4. The molecule has 2 heterocycles. The van der Waals surface area contributed by atoms with E-state index in [1.165, 1.54) is 18.2 Å². The van der Waals surface area contributed by atoms with Gasteiger partial charge in [-0.3, -0.25) is 0 Å². The SMILES string of the molecule is N#Cc1c(F)c(N)c(F)c(-c2ccc(-c3cc4c(-c5ccccc5)nc5ccccc5c4c4nsnc34)cc2)c1F. The highest BCUT2D eigenvalue weighted by atomic mass is 32.1. The Hall–Kier alpha value is -5.33. The second kappa shape index (κ2) is 9.40. The Morgan fingerprint density at radius 1 is 0.707 bits per heavy atom. The van der Waals surface area contributed by atoms with Gasteiger partial charge in [0.15, 0.2) is 17.5 Å². The van der Waals surface area contributed by atoms with Gasteiger partial charge in [0.1, 0.15) is 28.4 Å². The molecule has 5 nitrogen and oxygen atoms in total. The number of rotatable bonds is 3. The number of halogens is 3. The fourth-order valence-electron chi connectivity index (χ4n) is 5.25. The van der Waals surface area contributed by atoms with Crippen LogP contribution in [0.1, 0.15) is 5.56 Å². The van der Waals surface area contributed by atoms with Gasteiger partial charge in [0, 0.05) is 27.3 Å².